The van der Waals surface area contributed by atoms with Gasteiger partial charge in [0.2, 0.25) is 6.20 Å². The lowest BCUT2D eigenvalue weighted by Crippen LogP contribution is -2.04. The highest BCUT2D eigenvalue weighted by Crippen LogP contribution is 2.32. The number of hydrogen-bond donors (Lipinski definition) is 0. The zero-order valence-corrected chi connectivity index (χ0v) is 9.92. The monoisotopic (exact) mass is 283 g/mol. The first-order valence-electron chi connectivity index (χ1n) is 5.45. The van der Waals surface area contributed by atoms with Crippen molar-refractivity contribution >= 4 is 6.08 Å². The average molecular weight is 283 g/mol. The fourth-order valence-electron chi connectivity index (χ4n) is 1.58. The van der Waals surface area contributed by atoms with Crippen LogP contribution in [0.5, 0.6) is 0 Å². The van der Waals surface area contributed by atoms with Gasteiger partial charge in [0.25, 0.3) is 0 Å². The predicted octanol–water partition coefficient (Wildman–Crippen LogP) is 4.21. The second-order valence-electron chi connectivity index (χ2n) is 3.88. The van der Waals surface area contributed by atoms with Gasteiger partial charge in [0.05, 0.1) is 16.6 Å². The summed E-state index contributed by atoms with van der Waals surface area (Å²) < 4.78 is 43.0. The highest BCUT2D eigenvalue weighted by Gasteiger charge is 2.30. The number of furan rings is 1. The summed E-state index contributed by atoms with van der Waals surface area (Å²) in [6.45, 7) is 0. The van der Waals surface area contributed by atoms with Gasteiger partial charge >= 0.3 is 6.18 Å². The molecule has 4 nitrogen and oxygen atoms in total. The summed E-state index contributed by atoms with van der Waals surface area (Å²) in [5, 5.41) is 10.2. The average Bonchev–Trinajstić information content (AvgIpc) is 2.84. The standard InChI is InChI=1S/C13H8F3NO3/c14-13(15,16)10-3-1-2-9(8-10)12-5-4-11(20-12)6-7-17(18)19/h1-8H/b7-6-. The lowest BCUT2D eigenvalue weighted by Gasteiger charge is -2.07. The third-order valence-electron chi connectivity index (χ3n) is 2.46. The Hall–Kier alpha value is -2.57. The highest BCUT2D eigenvalue weighted by molar-refractivity contribution is 5.60. The van der Waals surface area contributed by atoms with Gasteiger partial charge in [-0.3, -0.25) is 10.1 Å². The molecule has 0 radical (unpaired) electrons. The largest absolute Gasteiger partial charge is 0.457 e. The Labute approximate surface area is 111 Å². The number of nitro groups is 1. The van der Waals surface area contributed by atoms with Crippen molar-refractivity contribution in [2.24, 2.45) is 0 Å². The maximum atomic E-state index is 12.6. The van der Waals surface area contributed by atoms with Crippen LogP contribution >= 0.6 is 0 Å². The van der Waals surface area contributed by atoms with Crippen LogP contribution < -0.4 is 0 Å². The van der Waals surface area contributed by atoms with Gasteiger partial charge in [0.1, 0.15) is 11.5 Å². The van der Waals surface area contributed by atoms with Crippen molar-refractivity contribution in [3.63, 3.8) is 0 Å². The summed E-state index contributed by atoms with van der Waals surface area (Å²) in [5.41, 5.74) is -0.533. The summed E-state index contributed by atoms with van der Waals surface area (Å²) >= 11 is 0. The summed E-state index contributed by atoms with van der Waals surface area (Å²) in [4.78, 5) is 9.50. The molecule has 0 spiro atoms. The van der Waals surface area contributed by atoms with Gasteiger partial charge in [-0.1, -0.05) is 12.1 Å². The van der Waals surface area contributed by atoms with Crippen LogP contribution in [0.3, 0.4) is 0 Å². The second kappa shape index (κ2) is 5.20. The summed E-state index contributed by atoms with van der Waals surface area (Å²) in [5.74, 6) is 0.396. The summed E-state index contributed by atoms with van der Waals surface area (Å²) in [7, 11) is 0. The zero-order valence-electron chi connectivity index (χ0n) is 9.92. The van der Waals surface area contributed by atoms with Crippen LogP contribution in [0.1, 0.15) is 11.3 Å². The molecule has 0 unspecified atom stereocenters. The van der Waals surface area contributed by atoms with E-state index in [-0.39, 0.29) is 17.1 Å². The van der Waals surface area contributed by atoms with Gasteiger partial charge in [-0.05, 0) is 24.3 Å². The van der Waals surface area contributed by atoms with E-state index in [1.807, 2.05) is 0 Å². The normalized spacial score (nSPS) is 11.9. The third-order valence-corrected chi connectivity index (χ3v) is 2.46. The number of nitrogens with zero attached hydrogens (tertiary/aromatic N) is 1. The predicted molar refractivity (Wildman–Crippen MR) is 65.2 cm³/mol. The molecule has 0 saturated carbocycles. The SMILES string of the molecule is O=[N+]([O-])/C=C\c1ccc(-c2cccc(C(F)(F)F)c2)o1. The molecule has 2 rings (SSSR count). The summed E-state index contributed by atoms with van der Waals surface area (Å²) in [6.07, 6.45) is -2.62. The molecule has 104 valence electrons. The number of alkyl halides is 3. The Balaban J connectivity index is 2.31. The van der Waals surface area contributed by atoms with Crippen molar-refractivity contribution < 1.29 is 22.5 Å². The van der Waals surface area contributed by atoms with Gasteiger partial charge in [-0.15, -0.1) is 0 Å². The Kier molecular flexibility index (Phi) is 3.60. The van der Waals surface area contributed by atoms with Crippen molar-refractivity contribution in [3.05, 3.63) is 64.0 Å². The van der Waals surface area contributed by atoms with E-state index in [0.717, 1.165) is 18.2 Å². The molecule has 0 atom stereocenters. The Morgan fingerprint density at radius 3 is 2.60 bits per heavy atom. The van der Waals surface area contributed by atoms with E-state index in [4.69, 9.17) is 4.42 Å². The number of benzene rings is 1. The first-order chi connectivity index (χ1) is 9.36. The number of rotatable bonds is 3. The maximum Gasteiger partial charge on any atom is 0.416 e. The van der Waals surface area contributed by atoms with Crippen LogP contribution in [-0.2, 0) is 6.18 Å². The van der Waals surface area contributed by atoms with Crippen molar-refractivity contribution in [2.45, 2.75) is 6.18 Å². The second-order valence-corrected chi connectivity index (χ2v) is 3.88. The van der Waals surface area contributed by atoms with Gasteiger partial charge in [-0.2, -0.15) is 13.2 Å². The van der Waals surface area contributed by atoms with Crippen LogP contribution in [0, 0.1) is 10.1 Å². The molecule has 0 amide bonds. The Bertz CT molecular complexity index is 659. The smallest absolute Gasteiger partial charge is 0.416 e. The molecule has 0 aliphatic rings. The van der Waals surface area contributed by atoms with E-state index in [2.05, 4.69) is 0 Å². The first-order valence-corrected chi connectivity index (χ1v) is 5.45. The Morgan fingerprint density at radius 2 is 1.95 bits per heavy atom. The molecule has 1 heterocycles. The molecule has 0 bridgehead atoms. The summed E-state index contributed by atoms with van der Waals surface area (Å²) in [6, 6.07) is 7.55. The third kappa shape index (κ3) is 3.25. The van der Waals surface area contributed by atoms with E-state index < -0.39 is 16.7 Å². The van der Waals surface area contributed by atoms with E-state index in [0.29, 0.717) is 6.20 Å². The van der Waals surface area contributed by atoms with Crippen molar-refractivity contribution in [1.29, 1.82) is 0 Å². The van der Waals surface area contributed by atoms with Gasteiger partial charge in [-0.25, -0.2) is 0 Å². The molecule has 0 fully saturated rings. The molecule has 0 aliphatic carbocycles. The number of hydrogen-bond acceptors (Lipinski definition) is 3. The highest BCUT2D eigenvalue weighted by atomic mass is 19.4. The molecule has 2 aromatic rings. The topological polar surface area (TPSA) is 56.3 Å². The molecule has 0 aliphatic heterocycles. The molecule has 0 saturated heterocycles. The van der Waals surface area contributed by atoms with E-state index in [1.54, 1.807) is 0 Å². The van der Waals surface area contributed by atoms with Crippen LogP contribution in [0.4, 0.5) is 13.2 Å². The Morgan fingerprint density at radius 1 is 1.20 bits per heavy atom. The van der Waals surface area contributed by atoms with Gasteiger partial charge in [0, 0.05) is 5.56 Å². The van der Waals surface area contributed by atoms with E-state index >= 15 is 0 Å². The lowest BCUT2D eigenvalue weighted by molar-refractivity contribution is -0.401. The first kappa shape index (κ1) is 13.9. The maximum absolute atomic E-state index is 12.6. The van der Waals surface area contributed by atoms with E-state index in [9.17, 15) is 23.3 Å². The fourth-order valence-corrected chi connectivity index (χ4v) is 1.58. The molecule has 0 N–H and O–H groups in total. The molecule has 1 aromatic heterocycles. The lowest BCUT2D eigenvalue weighted by atomic mass is 10.1. The molecular formula is C13H8F3NO3. The van der Waals surface area contributed by atoms with E-state index in [1.165, 1.54) is 24.3 Å². The van der Waals surface area contributed by atoms with Crippen LogP contribution in [-0.4, -0.2) is 4.92 Å². The minimum absolute atomic E-state index is 0.189. The van der Waals surface area contributed by atoms with Gasteiger partial charge in [0.15, 0.2) is 0 Å². The minimum atomic E-state index is -4.43. The number of halogens is 3. The zero-order chi connectivity index (χ0) is 14.8. The van der Waals surface area contributed by atoms with Crippen LogP contribution in [0.25, 0.3) is 17.4 Å². The van der Waals surface area contributed by atoms with Crippen molar-refractivity contribution in [2.75, 3.05) is 0 Å². The molecule has 20 heavy (non-hydrogen) atoms. The van der Waals surface area contributed by atoms with Crippen LogP contribution in [0.2, 0.25) is 0 Å². The molecular weight excluding hydrogens is 275 g/mol. The quantitative estimate of drug-likeness (QED) is 0.626. The van der Waals surface area contributed by atoms with Crippen LogP contribution in [0.15, 0.2) is 47.0 Å². The van der Waals surface area contributed by atoms with Crippen molar-refractivity contribution in [1.82, 2.24) is 0 Å². The molecule has 1 aromatic carbocycles. The minimum Gasteiger partial charge on any atom is -0.457 e. The fraction of sp³-hybridized carbons (Fsp3) is 0.0769. The molecule has 7 heteroatoms. The van der Waals surface area contributed by atoms with Crippen molar-refractivity contribution in [3.8, 4) is 11.3 Å². The van der Waals surface area contributed by atoms with Gasteiger partial charge < -0.3 is 4.42 Å².